The molecule has 7 nitrogen and oxygen atoms in total. The van der Waals surface area contributed by atoms with Crippen molar-refractivity contribution in [1.29, 1.82) is 0 Å². The fraction of sp³-hybridized carbons (Fsp3) is 0.429. The molecule has 114 valence electrons. The second kappa shape index (κ2) is 7.98. The Morgan fingerprint density at radius 3 is 2.24 bits per heavy atom. The zero-order valence-corrected chi connectivity index (χ0v) is 12.2. The van der Waals surface area contributed by atoms with Gasteiger partial charge < -0.3 is 14.8 Å². The van der Waals surface area contributed by atoms with E-state index in [1.54, 1.807) is 6.92 Å². The first-order valence-corrected chi connectivity index (χ1v) is 6.36. The van der Waals surface area contributed by atoms with Crippen molar-refractivity contribution in [2.45, 2.75) is 19.4 Å². The maximum atomic E-state index is 12.0. The van der Waals surface area contributed by atoms with E-state index in [4.69, 9.17) is 0 Å². The van der Waals surface area contributed by atoms with Crippen LogP contribution in [-0.4, -0.2) is 43.1 Å². The summed E-state index contributed by atoms with van der Waals surface area (Å²) in [4.78, 5) is 39.0. The van der Waals surface area contributed by atoms with Crippen molar-refractivity contribution in [3.63, 3.8) is 0 Å². The first-order chi connectivity index (χ1) is 9.99. The van der Waals surface area contributed by atoms with E-state index in [0.717, 1.165) is 0 Å². The Balaban J connectivity index is 2.77. The van der Waals surface area contributed by atoms with E-state index < -0.39 is 29.8 Å². The molecule has 1 N–H and O–H groups in total. The van der Waals surface area contributed by atoms with Gasteiger partial charge in [0.1, 0.15) is 6.04 Å². The molecule has 0 aromatic carbocycles. The van der Waals surface area contributed by atoms with Crippen LogP contribution in [0, 0.1) is 5.92 Å². The highest BCUT2D eigenvalue weighted by Gasteiger charge is 2.27. The van der Waals surface area contributed by atoms with Crippen LogP contribution in [0.4, 0.5) is 0 Å². The van der Waals surface area contributed by atoms with Gasteiger partial charge in [0.25, 0.3) is 5.91 Å². The van der Waals surface area contributed by atoms with E-state index in [1.165, 1.54) is 38.7 Å². The molecule has 1 rings (SSSR count). The second-order valence-electron chi connectivity index (χ2n) is 4.45. The van der Waals surface area contributed by atoms with Gasteiger partial charge in [-0.3, -0.25) is 14.6 Å². The van der Waals surface area contributed by atoms with Crippen LogP contribution in [0.25, 0.3) is 0 Å². The van der Waals surface area contributed by atoms with Gasteiger partial charge in [-0.2, -0.15) is 0 Å². The van der Waals surface area contributed by atoms with Crippen molar-refractivity contribution in [2.24, 2.45) is 5.92 Å². The molecule has 1 heterocycles. The number of ether oxygens (including phenoxy) is 2. The van der Waals surface area contributed by atoms with Gasteiger partial charge in [0.2, 0.25) is 0 Å². The molecule has 0 fully saturated rings. The van der Waals surface area contributed by atoms with E-state index in [-0.39, 0.29) is 6.42 Å². The molecule has 1 amide bonds. The van der Waals surface area contributed by atoms with Gasteiger partial charge in [-0.15, -0.1) is 0 Å². The molecule has 0 spiro atoms. The van der Waals surface area contributed by atoms with Crippen LogP contribution in [0.3, 0.4) is 0 Å². The minimum Gasteiger partial charge on any atom is -0.469 e. The van der Waals surface area contributed by atoms with Crippen LogP contribution >= 0.6 is 0 Å². The summed E-state index contributed by atoms with van der Waals surface area (Å²) < 4.78 is 9.25. The third-order valence-electron chi connectivity index (χ3n) is 2.93. The third kappa shape index (κ3) is 4.87. The number of hydrogen-bond acceptors (Lipinski definition) is 6. The minimum atomic E-state index is -0.926. The summed E-state index contributed by atoms with van der Waals surface area (Å²) in [5.74, 6) is -2.06. The lowest BCUT2D eigenvalue weighted by molar-refractivity contribution is -0.147. The van der Waals surface area contributed by atoms with Crippen molar-refractivity contribution in [2.75, 3.05) is 14.2 Å². The highest BCUT2D eigenvalue weighted by Crippen LogP contribution is 2.10. The largest absolute Gasteiger partial charge is 0.469 e. The predicted octanol–water partition coefficient (Wildman–Crippen LogP) is 0.552. The Bertz CT molecular complexity index is 503. The monoisotopic (exact) mass is 294 g/mol. The second-order valence-corrected chi connectivity index (χ2v) is 4.45. The van der Waals surface area contributed by atoms with Gasteiger partial charge in [-0.25, -0.2) is 4.79 Å². The maximum absolute atomic E-state index is 12.0. The summed E-state index contributed by atoms with van der Waals surface area (Å²) in [6.45, 7) is 1.61. The lowest BCUT2D eigenvalue weighted by atomic mass is 10.0. The van der Waals surface area contributed by atoms with E-state index in [0.29, 0.717) is 5.56 Å². The Kier molecular flexibility index (Phi) is 6.32. The highest BCUT2D eigenvalue weighted by molar-refractivity contribution is 5.96. The number of methoxy groups -OCH3 is 2. The highest BCUT2D eigenvalue weighted by atomic mass is 16.5. The van der Waals surface area contributed by atoms with Crippen LogP contribution in [-0.2, 0) is 19.1 Å². The Morgan fingerprint density at radius 2 is 1.71 bits per heavy atom. The van der Waals surface area contributed by atoms with Gasteiger partial charge in [0, 0.05) is 18.0 Å². The molecule has 0 unspecified atom stereocenters. The van der Waals surface area contributed by atoms with Crippen molar-refractivity contribution in [3.8, 4) is 0 Å². The van der Waals surface area contributed by atoms with E-state index in [1.807, 2.05) is 0 Å². The van der Waals surface area contributed by atoms with Crippen molar-refractivity contribution < 1.29 is 23.9 Å². The number of aromatic nitrogens is 1. The summed E-state index contributed by atoms with van der Waals surface area (Å²) in [7, 11) is 2.48. The van der Waals surface area contributed by atoms with Crippen LogP contribution < -0.4 is 5.32 Å². The van der Waals surface area contributed by atoms with E-state index >= 15 is 0 Å². The zero-order chi connectivity index (χ0) is 15.8. The molecule has 0 radical (unpaired) electrons. The summed E-state index contributed by atoms with van der Waals surface area (Å²) in [6, 6.07) is 2.12. The van der Waals surface area contributed by atoms with Crippen molar-refractivity contribution in [1.82, 2.24) is 10.3 Å². The Morgan fingerprint density at radius 1 is 1.14 bits per heavy atom. The summed E-state index contributed by atoms with van der Waals surface area (Å²) in [5, 5.41) is 2.54. The molecular formula is C14H18N2O5. The molecule has 0 aliphatic rings. The summed E-state index contributed by atoms with van der Waals surface area (Å²) >= 11 is 0. The summed E-state index contributed by atoms with van der Waals surface area (Å²) in [6.07, 6.45) is 3.04. The van der Waals surface area contributed by atoms with Gasteiger partial charge >= 0.3 is 11.9 Å². The number of carbonyl (C=O) groups excluding carboxylic acids is 3. The molecule has 0 saturated heterocycles. The number of pyridine rings is 1. The number of amides is 1. The molecular weight excluding hydrogens is 276 g/mol. The van der Waals surface area contributed by atoms with Crippen LogP contribution in [0.2, 0.25) is 0 Å². The number of hydrogen-bond donors (Lipinski definition) is 1. The lowest BCUT2D eigenvalue weighted by Gasteiger charge is -2.19. The van der Waals surface area contributed by atoms with Gasteiger partial charge in [-0.1, -0.05) is 6.92 Å². The number of esters is 2. The van der Waals surface area contributed by atoms with Gasteiger partial charge in [0.05, 0.1) is 20.1 Å². The zero-order valence-electron chi connectivity index (χ0n) is 12.2. The average Bonchev–Trinajstić information content (AvgIpc) is 2.53. The summed E-state index contributed by atoms with van der Waals surface area (Å²) in [5.41, 5.74) is 0.365. The first-order valence-electron chi connectivity index (χ1n) is 6.36. The van der Waals surface area contributed by atoms with Gasteiger partial charge in [0.15, 0.2) is 0 Å². The quantitative estimate of drug-likeness (QED) is 0.770. The van der Waals surface area contributed by atoms with Gasteiger partial charge in [-0.05, 0) is 18.6 Å². The number of rotatable bonds is 6. The van der Waals surface area contributed by atoms with Crippen molar-refractivity contribution in [3.05, 3.63) is 30.1 Å². The Labute approximate surface area is 122 Å². The Hall–Kier alpha value is -2.44. The molecule has 1 aromatic rings. The molecule has 0 bridgehead atoms. The fourth-order valence-electron chi connectivity index (χ4n) is 1.75. The molecule has 7 heteroatoms. The third-order valence-corrected chi connectivity index (χ3v) is 2.93. The number of nitrogens with one attached hydrogen (secondary N) is 1. The molecule has 21 heavy (non-hydrogen) atoms. The topological polar surface area (TPSA) is 94.6 Å². The normalized spacial score (nSPS) is 12.9. The van der Waals surface area contributed by atoms with Crippen molar-refractivity contribution >= 4 is 17.8 Å². The molecule has 2 atom stereocenters. The van der Waals surface area contributed by atoms with Crippen LogP contribution in [0.1, 0.15) is 23.7 Å². The molecule has 0 aliphatic carbocycles. The number of nitrogens with zero attached hydrogens (tertiary/aromatic N) is 1. The molecule has 1 aromatic heterocycles. The fourth-order valence-corrected chi connectivity index (χ4v) is 1.75. The smallest absolute Gasteiger partial charge is 0.328 e. The van der Waals surface area contributed by atoms with Crippen LogP contribution in [0.15, 0.2) is 24.5 Å². The average molecular weight is 294 g/mol. The molecule has 0 saturated carbocycles. The minimum absolute atomic E-state index is 0.0934. The van der Waals surface area contributed by atoms with E-state index in [9.17, 15) is 14.4 Å². The lowest BCUT2D eigenvalue weighted by Crippen LogP contribution is -2.43. The SMILES string of the molecule is COC(=O)[C@@H](C)C[C@@H](NC(=O)c1ccncc1)C(=O)OC. The first kappa shape index (κ1) is 16.6. The molecule has 0 aliphatic heterocycles. The maximum Gasteiger partial charge on any atom is 0.328 e. The predicted molar refractivity (Wildman–Crippen MR) is 73.3 cm³/mol. The van der Waals surface area contributed by atoms with Crippen LogP contribution in [0.5, 0.6) is 0 Å². The number of carbonyl (C=O) groups is 3. The van der Waals surface area contributed by atoms with E-state index in [2.05, 4.69) is 19.8 Å². The standard InChI is InChI=1S/C14H18N2O5/c1-9(13(18)20-2)8-11(14(19)21-3)16-12(17)10-4-6-15-7-5-10/h4-7,9,11H,8H2,1-3H3,(H,16,17)/t9-,11+/m0/s1.